The molecule has 0 radical (unpaired) electrons. The number of hydrogen-bond acceptors (Lipinski definition) is 4. The highest BCUT2D eigenvalue weighted by Crippen LogP contribution is 2.24. The number of rotatable bonds is 3. The summed E-state index contributed by atoms with van der Waals surface area (Å²) >= 11 is 0. The molecular formula is C16H30N4O3S. The molecule has 0 aromatic carbocycles. The molecule has 0 aromatic heterocycles. The Bertz CT molecular complexity index is 592. The average Bonchev–Trinajstić information content (AvgIpc) is 2.99. The lowest BCUT2D eigenvalue weighted by atomic mass is 10.2. The van der Waals surface area contributed by atoms with Crippen LogP contribution in [0, 0.1) is 0 Å². The van der Waals surface area contributed by atoms with Gasteiger partial charge in [-0.25, -0.2) is 13.4 Å². The van der Waals surface area contributed by atoms with E-state index in [1.54, 1.807) is 27.9 Å². The van der Waals surface area contributed by atoms with Crippen molar-refractivity contribution in [1.82, 2.24) is 15.1 Å². The number of likely N-dealkylation sites (N-methyl/N-ethyl adjacent to an activating group) is 1. The summed E-state index contributed by atoms with van der Waals surface area (Å²) in [6.07, 6.45) is 4.58. The Hall–Kier alpha value is -1.31. The molecule has 0 spiro atoms. The average molecular weight is 359 g/mol. The third-order valence-electron chi connectivity index (χ3n) is 4.89. The molecule has 8 heteroatoms. The molecule has 1 heterocycles. The van der Waals surface area contributed by atoms with Crippen molar-refractivity contribution in [3.8, 4) is 0 Å². The van der Waals surface area contributed by atoms with Crippen LogP contribution < -0.4 is 5.32 Å². The molecule has 0 atom stereocenters. The van der Waals surface area contributed by atoms with E-state index in [1.165, 1.54) is 17.7 Å². The van der Waals surface area contributed by atoms with Crippen molar-refractivity contribution in [2.45, 2.75) is 50.3 Å². The van der Waals surface area contributed by atoms with Gasteiger partial charge in [0.2, 0.25) is 5.91 Å². The molecule has 1 saturated heterocycles. The maximum absolute atomic E-state index is 12.2. The zero-order valence-corrected chi connectivity index (χ0v) is 16.0. The minimum Gasteiger partial charge on any atom is -0.353 e. The normalized spacial score (nSPS) is 24.0. The second kappa shape index (κ2) is 7.29. The first-order chi connectivity index (χ1) is 11.1. The number of sulfone groups is 1. The maximum Gasteiger partial charge on any atom is 0.243 e. The summed E-state index contributed by atoms with van der Waals surface area (Å²) in [7, 11) is 0.315. The second-order valence-electron chi connectivity index (χ2n) is 7.55. The van der Waals surface area contributed by atoms with Crippen LogP contribution in [0.4, 0.5) is 0 Å². The number of nitrogens with one attached hydrogen (secondary N) is 1. The van der Waals surface area contributed by atoms with Crippen LogP contribution in [0.2, 0.25) is 0 Å². The van der Waals surface area contributed by atoms with Crippen LogP contribution in [0.1, 0.15) is 39.5 Å². The van der Waals surface area contributed by atoms with Gasteiger partial charge in [-0.1, -0.05) is 12.8 Å². The summed E-state index contributed by atoms with van der Waals surface area (Å²) in [4.78, 5) is 19.9. The van der Waals surface area contributed by atoms with Gasteiger partial charge in [-0.2, -0.15) is 0 Å². The standard InChI is InChI=1S/C16H30N4O3S/c1-16(2)12-20(9-10-24(16,22)23)15(17-11-14(21)19(3)4)18-13-7-5-6-8-13/h13H,5-12H2,1-4H3,(H,17,18). The Labute approximate surface area is 145 Å². The summed E-state index contributed by atoms with van der Waals surface area (Å²) in [6.45, 7) is 4.40. The number of nitrogens with zero attached hydrogens (tertiary/aromatic N) is 3. The number of carbonyl (C=O) groups excluding carboxylic acids is 1. The largest absolute Gasteiger partial charge is 0.353 e. The molecule has 24 heavy (non-hydrogen) atoms. The molecule has 0 bridgehead atoms. The van der Waals surface area contributed by atoms with Crippen LogP contribution in [-0.2, 0) is 14.6 Å². The summed E-state index contributed by atoms with van der Waals surface area (Å²) in [5.41, 5.74) is 0. The number of guanidine groups is 1. The molecular weight excluding hydrogens is 328 g/mol. The number of carbonyl (C=O) groups is 1. The van der Waals surface area contributed by atoms with Gasteiger partial charge in [-0.3, -0.25) is 4.79 Å². The quantitative estimate of drug-likeness (QED) is 0.586. The minimum absolute atomic E-state index is 0.0652. The zero-order valence-electron chi connectivity index (χ0n) is 15.2. The maximum atomic E-state index is 12.2. The Morgan fingerprint density at radius 1 is 1.29 bits per heavy atom. The van der Waals surface area contributed by atoms with Crippen molar-refractivity contribution in [2.75, 3.05) is 39.5 Å². The van der Waals surface area contributed by atoms with Gasteiger partial charge in [0, 0.05) is 33.2 Å². The van der Waals surface area contributed by atoms with Crippen molar-refractivity contribution >= 4 is 21.7 Å². The smallest absolute Gasteiger partial charge is 0.243 e. The number of aliphatic imine (C=N–C) groups is 1. The van der Waals surface area contributed by atoms with E-state index in [1.807, 2.05) is 4.90 Å². The van der Waals surface area contributed by atoms with Crippen LogP contribution >= 0.6 is 0 Å². The predicted molar refractivity (Wildman–Crippen MR) is 95.8 cm³/mol. The fraction of sp³-hybridized carbons (Fsp3) is 0.875. The first kappa shape index (κ1) is 19.0. The Morgan fingerprint density at radius 3 is 2.46 bits per heavy atom. The SMILES string of the molecule is CN(C)C(=O)CN=C(NC1CCCC1)N1CCS(=O)(=O)C(C)(C)C1. The molecule has 2 fully saturated rings. The van der Waals surface area contributed by atoms with E-state index in [0.717, 1.165) is 12.8 Å². The lowest BCUT2D eigenvalue weighted by Gasteiger charge is -2.39. The third kappa shape index (κ3) is 4.40. The number of hydrogen-bond donors (Lipinski definition) is 1. The monoisotopic (exact) mass is 358 g/mol. The van der Waals surface area contributed by atoms with Crippen molar-refractivity contribution in [3.63, 3.8) is 0 Å². The van der Waals surface area contributed by atoms with Gasteiger partial charge in [0.05, 0.1) is 10.5 Å². The van der Waals surface area contributed by atoms with Gasteiger partial charge in [-0.05, 0) is 26.7 Å². The summed E-state index contributed by atoms with van der Waals surface area (Å²) in [5.74, 6) is 0.720. The molecule has 138 valence electrons. The van der Waals surface area contributed by atoms with Crippen molar-refractivity contribution in [1.29, 1.82) is 0 Å². The lowest BCUT2D eigenvalue weighted by molar-refractivity contribution is -0.127. The highest BCUT2D eigenvalue weighted by molar-refractivity contribution is 7.92. The molecule has 7 nitrogen and oxygen atoms in total. The highest BCUT2D eigenvalue weighted by Gasteiger charge is 2.41. The fourth-order valence-corrected chi connectivity index (χ4v) is 4.46. The fourth-order valence-electron chi connectivity index (χ4n) is 3.10. The second-order valence-corrected chi connectivity index (χ2v) is 10.3. The van der Waals surface area contributed by atoms with Crippen LogP contribution in [0.25, 0.3) is 0 Å². The van der Waals surface area contributed by atoms with E-state index < -0.39 is 14.6 Å². The summed E-state index contributed by atoms with van der Waals surface area (Å²) < 4.78 is 23.6. The molecule has 2 rings (SSSR count). The van der Waals surface area contributed by atoms with E-state index in [9.17, 15) is 13.2 Å². The Balaban J connectivity index is 2.15. The summed E-state index contributed by atoms with van der Waals surface area (Å²) in [5, 5.41) is 3.46. The predicted octanol–water partition coefficient (Wildman–Crippen LogP) is 0.472. The molecule has 0 aromatic rings. The van der Waals surface area contributed by atoms with Crippen LogP contribution in [0.3, 0.4) is 0 Å². The van der Waals surface area contributed by atoms with E-state index >= 15 is 0 Å². The number of amides is 1. The molecule has 1 amide bonds. The van der Waals surface area contributed by atoms with Gasteiger partial charge < -0.3 is 15.1 Å². The van der Waals surface area contributed by atoms with Gasteiger partial charge in [0.25, 0.3) is 0 Å². The highest BCUT2D eigenvalue weighted by atomic mass is 32.2. The van der Waals surface area contributed by atoms with Gasteiger partial charge in [0.1, 0.15) is 6.54 Å². The first-order valence-electron chi connectivity index (χ1n) is 8.61. The first-order valence-corrected chi connectivity index (χ1v) is 10.3. The van der Waals surface area contributed by atoms with E-state index in [2.05, 4.69) is 10.3 Å². The van der Waals surface area contributed by atoms with Crippen molar-refractivity contribution < 1.29 is 13.2 Å². The Kier molecular flexibility index (Phi) is 5.78. The molecule has 1 saturated carbocycles. The lowest BCUT2D eigenvalue weighted by Crippen LogP contribution is -2.58. The van der Waals surface area contributed by atoms with Gasteiger partial charge in [0.15, 0.2) is 15.8 Å². The summed E-state index contributed by atoms with van der Waals surface area (Å²) in [6, 6.07) is 0.361. The molecule has 1 N–H and O–H groups in total. The van der Waals surface area contributed by atoms with Gasteiger partial charge in [-0.15, -0.1) is 0 Å². The van der Waals surface area contributed by atoms with Crippen LogP contribution in [-0.4, -0.2) is 80.4 Å². The molecule has 1 aliphatic heterocycles. The van der Waals surface area contributed by atoms with E-state index in [0.29, 0.717) is 25.1 Å². The zero-order chi connectivity index (χ0) is 18.0. The third-order valence-corrected chi connectivity index (χ3v) is 7.43. The van der Waals surface area contributed by atoms with E-state index in [4.69, 9.17) is 0 Å². The van der Waals surface area contributed by atoms with Crippen molar-refractivity contribution in [2.24, 2.45) is 4.99 Å². The van der Waals surface area contributed by atoms with Crippen LogP contribution in [0.15, 0.2) is 4.99 Å². The molecule has 1 aliphatic carbocycles. The topological polar surface area (TPSA) is 82.1 Å². The van der Waals surface area contributed by atoms with Gasteiger partial charge >= 0.3 is 0 Å². The van der Waals surface area contributed by atoms with E-state index in [-0.39, 0.29) is 18.2 Å². The Morgan fingerprint density at radius 2 is 1.92 bits per heavy atom. The minimum atomic E-state index is -3.10. The van der Waals surface area contributed by atoms with Crippen LogP contribution in [0.5, 0.6) is 0 Å². The molecule has 0 unspecified atom stereocenters. The van der Waals surface area contributed by atoms with Crippen molar-refractivity contribution in [3.05, 3.63) is 0 Å². The molecule has 2 aliphatic rings.